The van der Waals surface area contributed by atoms with E-state index in [9.17, 15) is 4.79 Å². The summed E-state index contributed by atoms with van der Waals surface area (Å²) in [4.78, 5) is 10.9. The molecule has 1 saturated carbocycles. The summed E-state index contributed by atoms with van der Waals surface area (Å²) in [6.07, 6.45) is 3.27. The van der Waals surface area contributed by atoms with Crippen LogP contribution in [0.25, 0.3) is 0 Å². The van der Waals surface area contributed by atoms with E-state index >= 15 is 0 Å². The van der Waals surface area contributed by atoms with Crippen LogP contribution >= 0.6 is 0 Å². The maximum Gasteiger partial charge on any atom is 0.312 e. The molecule has 0 radical (unpaired) electrons. The van der Waals surface area contributed by atoms with Gasteiger partial charge in [0, 0.05) is 5.92 Å². The van der Waals surface area contributed by atoms with Crippen molar-refractivity contribution < 1.29 is 14.6 Å². The average Bonchev–Trinajstić information content (AvgIpc) is 2.50. The van der Waals surface area contributed by atoms with Crippen LogP contribution < -0.4 is 0 Å². The van der Waals surface area contributed by atoms with E-state index in [1.807, 2.05) is 0 Å². The highest BCUT2D eigenvalue weighted by Gasteiger charge is 2.75. The number of carboxylic acids is 1. The van der Waals surface area contributed by atoms with Crippen molar-refractivity contribution in [2.45, 2.75) is 31.5 Å². The molecule has 3 rings (SSSR count). The standard InChI is InChI=1S/C8H10O3/c9-7(10)8-3-4(8)5-1-2-6(8)11-5/h4-6H,1-3H2,(H,9,10)/t4?,5-,6+,8+/m0/s1. The molecule has 11 heavy (non-hydrogen) atoms. The van der Waals surface area contributed by atoms with Crippen LogP contribution in [-0.4, -0.2) is 23.3 Å². The molecule has 0 amide bonds. The zero-order chi connectivity index (χ0) is 7.64. The van der Waals surface area contributed by atoms with Gasteiger partial charge in [-0.15, -0.1) is 0 Å². The number of hydrogen-bond donors (Lipinski definition) is 1. The van der Waals surface area contributed by atoms with Crippen molar-refractivity contribution in [3.63, 3.8) is 0 Å². The number of rotatable bonds is 1. The second-order valence-electron chi connectivity index (χ2n) is 3.90. The molecule has 4 atom stereocenters. The van der Waals surface area contributed by atoms with Crippen LogP contribution in [0, 0.1) is 11.3 Å². The van der Waals surface area contributed by atoms with Gasteiger partial charge in [0.15, 0.2) is 0 Å². The summed E-state index contributed by atoms with van der Waals surface area (Å²) in [6.45, 7) is 0. The molecule has 3 nitrogen and oxygen atoms in total. The van der Waals surface area contributed by atoms with Crippen LogP contribution in [0.15, 0.2) is 0 Å². The molecule has 0 aromatic carbocycles. The first kappa shape index (κ1) is 6.00. The van der Waals surface area contributed by atoms with Crippen LogP contribution in [0.3, 0.4) is 0 Å². The Balaban J connectivity index is 2.00. The Morgan fingerprint density at radius 2 is 2.36 bits per heavy atom. The van der Waals surface area contributed by atoms with Gasteiger partial charge in [0.1, 0.15) is 0 Å². The lowest BCUT2D eigenvalue weighted by Crippen LogP contribution is -2.28. The van der Waals surface area contributed by atoms with E-state index in [0.717, 1.165) is 19.3 Å². The van der Waals surface area contributed by atoms with Crippen LogP contribution in [0.2, 0.25) is 0 Å². The summed E-state index contributed by atoms with van der Waals surface area (Å²) in [6, 6.07) is 0. The number of carboxylic acid groups (broad SMARTS) is 1. The van der Waals surface area contributed by atoms with Gasteiger partial charge in [-0.05, 0) is 19.3 Å². The molecule has 0 aromatic rings. The number of fused-ring (bicyclic) bond motifs is 5. The van der Waals surface area contributed by atoms with E-state index < -0.39 is 11.4 Å². The highest BCUT2D eigenvalue weighted by Crippen LogP contribution is 2.68. The average molecular weight is 154 g/mol. The first-order valence-electron chi connectivity index (χ1n) is 4.14. The monoisotopic (exact) mass is 154 g/mol. The first-order chi connectivity index (χ1) is 5.25. The summed E-state index contributed by atoms with van der Waals surface area (Å²) in [5.74, 6) is -0.270. The number of hydrogen-bond acceptors (Lipinski definition) is 2. The third-order valence-corrected chi connectivity index (χ3v) is 3.53. The van der Waals surface area contributed by atoms with Gasteiger partial charge in [0.25, 0.3) is 0 Å². The summed E-state index contributed by atoms with van der Waals surface area (Å²) >= 11 is 0. The second kappa shape index (κ2) is 1.46. The van der Waals surface area contributed by atoms with Crippen LogP contribution in [-0.2, 0) is 9.53 Å². The zero-order valence-corrected chi connectivity index (χ0v) is 6.12. The fourth-order valence-electron chi connectivity index (χ4n) is 2.86. The highest BCUT2D eigenvalue weighted by molar-refractivity contribution is 5.80. The van der Waals surface area contributed by atoms with Gasteiger partial charge in [-0.25, -0.2) is 0 Å². The van der Waals surface area contributed by atoms with Gasteiger partial charge in [-0.1, -0.05) is 0 Å². The molecular weight excluding hydrogens is 144 g/mol. The van der Waals surface area contributed by atoms with E-state index in [1.54, 1.807) is 0 Å². The maximum atomic E-state index is 10.9. The predicted octanol–water partition coefficient (Wildman–Crippen LogP) is 0.639. The molecule has 2 saturated heterocycles. The minimum absolute atomic E-state index is 0.0509. The Morgan fingerprint density at radius 3 is 2.82 bits per heavy atom. The number of ether oxygens (including phenoxy) is 1. The van der Waals surface area contributed by atoms with E-state index in [4.69, 9.17) is 9.84 Å². The molecule has 1 N–H and O–H groups in total. The molecule has 1 unspecified atom stereocenters. The third-order valence-electron chi connectivity index (χ3n) is 3.53. The second-order valence-corrected chi connectivity index (χ2v) is 3.90. The SMILES string of the molecule is O=C(O)[C@]12CC1[C@@H]1CC[C@H]2O1. The molecule has 2 aliphatic heterocycles. The summed E-state index contributed by atoms with van der Waals surface area (Å²) in [5.41, 5.74) is -0.428. The van der Waals surface area contributed by atoms with Crippen molar-refractivity contribution in [2.75, 3.05) is 0 Å². The van der Waals surface area contributed by atoms with Gasteiger partial charge in [0.2, 0.25) is 0 Å². The molecule has 1 aliphatic carbocycles. The lowest BCUT2D eigenvalue weighted by atomic mass is 9.88. The summed E-state index contributed by atoms with van der Waals surface area (Å²) in [5, 5.41) is 8.96. The van der Waals surface area contributed by atoms with Crippen molar-refractivity contribution >= 4 is 5.97 Å². The first-order valence-corrected chi connectivity index (χ1v) is 4.14. The minimum Gasteiger partial charge on any atom is -0.481 e. The maximum absolute atomic E-state index is 10.9. The fourth-order valence-corrected chi connectivity index (χ4v) is 2.86. The highest BCUT2D eigenvalue weighted by atomic mass is 16.5. The molecule has 3 fully saturated rings. The van der Waals surface area contributed by atoms with Gasteiger partial charge < -0.3 is 9.84 Å². The smallest absolute Gasteiger partial charge is 0.312 e. The molecular formula is C8H10O3. The predicted molar refractivity (Wildman–Crippen MR) is 36.1 cm³/mol. The lowest BCUT2D eigenvalue weighted by molar-refractivity contribution is -0.146. The van der Waals surface area contributed by atoms with E-state index in [0.29, 0.717) is 5.92 Å². The van der Waals surface area contributed by atoms with Crippen molar-refractivity contribution in [1.82, 2.24) is 0 Å². The Bertz CT molecular complexity index is 237. The van der Waals surface area contributed by atoms with Crippen molar-refractivity contribution in [1.29, 1.82) is 0 Å². The van der Waals surface area contributed by atoms with E-state index in [2.05, 4.69) is 0 Å². The van der Waals surface area contributed by atoms with Crippen molar-refractivity contribution in [3.05, 3.63) is 0 Å². The van der Waals surface area contributed by atoms with Gasteiger partial charge >= 0.3 is 5.97 Å². The van der Waals surface area contributed by atoms with Gasteiger partial charge in [-0.2, -0.15) is 0 Å². The van der Waals surface area contributed by atoms with Crippen molar-refractivity contribution in [2.24, 2.45) is 11.3 Å². The van der Waals surface area contributed by atoms with E-state index in [-0.39, 0.29) is 12.2 Å². The molecule has 3 aliphatic rings. The van der Waals surface area contributed by atoms with Gasteiger partial charge in [0.05, 0.1) is 17.6 Å². The third kappa shape index (κ3) is 0.466. The molecule has 2 heterocycles. The Hall–Kier alpha value is -0.570. The normalized spacial score (nSPS) is 57.6. The lowest BCUT2D eigenvalue weighted by Gasteiger charge is -2.14. The molecule has 60 valence electrons. The topological polar surface area (TPSA) is 46.5 Å². The number of aliphatic carboxylic acids is 1. The molecule has 2 bridgehead atoms. The fraction of sp³-hybridized carbons (Fsp3) is 0.875. The molecule has 0 spiro atoms. The quantitative estimate of drug-likeness (QED) is 0.602. The summed E-state index contributed by atoms with van der Waals surface area (Å²) in [7, 11) is 0. The minimum atomic E-state index is -0.630. The Labute approximate surface area is 64.3 Å². The summed E-state index contributed by atoms with van der Waals surface area (Å²) < 4.78 is 5.52. The zero-order valence-electron chi connectivity index (χ0n) is 6.12. The van der Waals surface area contributed by atoms with Crippen LogP contribution in [0.4, 0.5) is 0 Å². The van der Waals surface area contributed by atoms with Crippen molar-refractivity contribution in [3.8, 4) is 0 Å². The van der Waals surface area contributed by atoms with Gasteiger partial charge in [-0.3, -0.25) is 4.79 Å². The molecule has 3 heteroatoms. The van der Waals surface area contributed by atoms with Crippen LogP contribution in [0.5, 0.6) is 0 Å². The largest absolute Gasteiger partial charge is 0.481 e. The molecule has 0 aromatic heterocycles. The number of carbonyl (C=O) groups is 1. The Morgan fingerprint density at radius 1 is 1.55 bits per heavy atom. The van der Waals surface area contributed by atoms with E-state index in [1.165, 1.54) is 0 Å². The van der Waals surface area contributed by atoms with Crippen LogP contribution in [0.1, 0.15) is 19.3 Å². The Kier molecular flexibility index (Phi) is 0.796.